The average Bonchev–Trinajstić information content (AvgIpc) is 3.09. The molecule has 1 aliphatic rings. The van der Waals surface area contributed by atoms with E-state index in [-0.39, 0.29) is 21.2 Å². The summed E-state index contributed by atoms with van der Waals surface area (Å²) in [4.78, 5) is 0. The topological polar surface area (TPSA) is 49.8 Å². The third-order valence-electron chi connectivity index (χ3n) is 4.38. The third-order valence-corrected chi connectivity index (χ3v) is 12.1. The standard InChI is InChI=1S/C21H28IN2S2/c1-4-17(12-23)7-5-6-8-18(13-24)21-25-14-20(26-21)22-19-10-9-15(2)11-16(19)3/h5-6,9-11,17,20H,4,7-8,12,14,23H2,1-3H3/q-1/b6-5-,21-18-. The van der Waals surface area contributed by atoms with Crippen LogP contribution < -0.4 is 26.9 Å². The number of allylic oxidation sites excluding steroid dienone is 3. The van der Waals surface area contributed by atoms with Gasteiger partial charge in [0, 0.05) is 0 Å². The van der Waals surface area contributed by atoms with Gasteiger partial charge in [0.15, 0.2) is 0 Å². The van der Waals surface area contributed by atoms with Crippen molar-refractivity contribution in [3.8, 4) is 6.07 Å². The van der Waals surface area contributed by atoms with Crippen molar-refractivity contribution in [2.45, 2.75) is 43.3 Å². The van der Waals surface area contributed by atoms with Crippen LogP contribution in [0.3, 0.4) is 0 Å². The Morgan fingerprint density at radius 1 is 1.42 bits per heavy atom. The molecule has 0 radical (unpaired) electrons. The van der Waals surface area contributed by atoms with E-state index in [0.717, 1.165) is 37.1 Å². The van der Waals surface area contributed by atoms with E-state index >= 15 is 0 Å². The normalized spacial score (nSPS) is 20.5. The van der Waals surface area contributed by atoms with Crippen molar-refractivity contribution >= 4 is 23.5 Å². The molecule has 0 spiro atoms. The number of rotatable bonds is 8. The quantitative estimate of drug-likeness (QED) is 0.259. The first-order chi connectivity index (χ1) is 12.6. The number of alkyl halides is 1. The summed E-state index contributed by atoms with van der Waals surface area (Å²) in [6.07, 6.45) is 7.23. The predicted octanol–water partition coefficient (Wildman–Crippen LogP) is 2.42. The molecule has 0 saturated carbocycles. The van der Waals surface area contributed by atoms with Crippen molar-refractivity contribution in [1.82, 2.24) is 0 Å². The summed E-state index contributed by atoms with van der Waals surface area (Å²) in [7, 11) is 0. The first-order valence-electron chi connectivity index (χ1n) is 9.05. The summed E-state index contributed by atoms with van der Waals surface area (Å²) in [6, 6.07) is 9.25. The Kier molecular flexibility index (Phi) is 9.62. The molecule has 2 unspecified atom stereocenters. The average molecular weight is 500 g/mol. The molecule has 1 heterocycles. The number of aryl methyl sites for hydroxylation is 2. The van der Waals surface area contributed by atoms with Crippen LogP contribution in [0.2, 0.25) is 0 Å². The van der Waals surface area contributed by atoms with Crippen LogP contribution in [0.4, 0.5) is 0 Å². The molecule has 0 aliphatic carbocycles. The molecular formula is C21H28IN2S2-. The first-order valence-corrected chi connectivity index (χ1v) is 13.2. The fourth-order valence-electron chi connectivity index (χ4n) is 2.68. The number of nitrogens with two attached hydrogens (primary N) is 1. The number of hydrogen-bond acceptors (Lipinski definition) is 4. The summed E-state index contributed by atoms with van der Waals surface area (Å²) >= 11 is 3.78. The van der Waals surface area contributed by atoms with Gasteiger partial charge in [0.2, 0.25) is 0 Å². The van der Waals surface area contributed by atoms with Crippen LogP contribution in [-0.4, -0.2) is 15.6 Å². The van der Waals surface area contributed by atoms with E-state index in [9.17, 15) is 5.26 Å². The number of nitriles is 1. The van der Waals surface area contributed by atoms with Crippen LogP contribution in [0.1, 0.15) is 37.3 Å². The number of halogens is 1. The molecule has 1 fully saturated rings. The molecule has 2 nitrogen and oxygen atoms in total. The fraction of sp³-hybridized carbons (Fsp3) is 0.476. The van der Waals surface area contributed by atoms with E-state index in [1.54, 1.807) is 3.57 Å². The molecule has 1 aliphatic heterocycles. The number of hydrogen-bond donors (Lipinski definition) is 1. The Bertz CT molecular complexity index is 702. The van der Waals surface area contributed by atoms with Gasteiger partial charge in [0.05, 0.1) is 0 Å². The fourth-order valence-corrected chi connectivity index (χ4v) is 10.3. The molecular weight excluding hydrogens is 471 g/mol. The molecule has 5 heteroatoms. The SMILES string of the molecule is CCC(CN)C/C=C\C/C(C#N)=C1\SCC([I-]c2ccc(C)cc2C)S1. The van der Waals surface area contributed by atoms with Crippen molar-refractivity contribution < 1.29 is 21.2 Å². The van der Waals surface area contributed by atoms with Gasteiger partial charge in [-0.25, -0.2) is 0 Å². The van der Waals surface area contributed by atoms with Crippen LogP contribution in [0.5, 0.6) is 0 Å². The Labute approximate surface area is 177 Å². The van der Waals surface area contributed by atoms with Crippen molar-refractivity contribution in [3.63, 3.8) is 0 Å². The predicted molar refractivity (Wildman–Crippen MR) is 112 cm³/mol. The molecule has 1 aromatic carbocycles. The molecule has 1 saturated heterocycles. The second-order valence-electron chi connectivity index (χ2n) is 6.50. The summed E-state index contributed by atoms with van der Waals surface area (Å²) in [5.74, 6) is 1.70. The van der Waals surface area contributed by atoms with Crippen LogP contribution in [0.15, 0.2) is 40.2 Å². The van der Waals surface area contributed by atoms with E-state index in [0.29, 0.717) is 9.17 Å². The van der Waals surface area contributed by atoms with Crippen LogP contribution in [-0.2, 0) is 0 Å². The minimum absolute atomic E-state index is 0.0331. The van der Waals surface area contributed by atoms with Gasteiger partial charge in [-0.3, -0.25) is 0 Å². The second kappa shape index (κ2) is 11.4. The third kappa shape index (κ3) is 6.63. The van der Waals surface area contributed by atoms with Crippen molar-refractivity contribution in [3.05, 3.63) is 54.9 Å². The molecule has 0 bridgehead atoms. The van der Waals surface area contributed by atoms with Gasteiger partial charge >= 0.3 is 178 Å². The Balaban J connectivity index is 1.93. The first kappa shape index (κ1) is 21.9. The van der Waals surface area contributed by atoms with Gasteiger partial charge in [-0.15, -0.1) is 0 Å². The van der Waals surface area contributed by atoms with Gasteiger partial charge in [-0.05, 0) is 0 Å². The number of thioether (sulfide) groups is 2. The van der Waals surface area contributed by atoms with E-state index in [2.05, 4.69) is 57.2 Å². The number of nitrogens with zero attached hydrogens (tertiary/aromatic N) is 1. The van der Waals surface area contributed by atoms with E-state index in [1.807, 2.05) is 23.5 Å². The summed E-state index contributed by atoms with van der Waals surface area (Å²) in [5, 5.41) is 9.56. The molecule has 26 heavy (non-hydrogen) atoms. The molecule has 1 aromatic rings. The van der Waals surface area contributed by atoms with E-state index < -0.39 is 0 Å². The Morgan fingerprint density at radius 3 is 2.88 bits per heavy atom. The molecule has 0 aromatic heterocycles. The summed E-state index contributed by atoms with van der Waals surface area (Å²) < 4.78 is 3.46. The van der Waals surface area contributed by atoms with Gasteiger partial charge < -0.3 is 0 Å². The van der Waals surface area contributed by atoms with Crippen molar-refractivity contribution in [2.24, 2.45) is 11.7 Å². The van der Waals surface area contributed by atoms with E-state index in [1.165, 1.54) is 15.4 Å². The zero-order valence-electron chi connectivity index (χ0n) is 15.8. The van der Waals surface area contributed by atoms with E-state index in [4.69, 9.17) is 5.73 Å². The maximum atomic E-state index is 9.56. The zero-order valence-corrected chi connectivity index (χ0v) is 19.6. The monoisotopic (exact) mass is 499 g/mol. The van der Waals surface area contributed by atoms with Crippen molar-refractivity contribution in [2.75, 3.05) is 12.3 Å². The van der Waals surface area contributed by atoms with Crippen LogP contribution in [0.25, 0.3) is 0 Å². The summed E-state index contributed by atoms with van der Waals surface area (Å²) in [5.41, 5.74) is 9.45. The summed E-state index contributed by atoms with van der Waals surface area (Å²) in [6.45, 7) is 7.29. The van der Waals surface area contributed by atoms with Crippen LogP contribution >= 0.6 is 23.5 Å². The molecule has 0 amide bonds. The van der Waals surface area contributed by atoms with Gasteiger partial charge in [-0.1, -0.05) is 0 Å². The second-order valence-corrected chi connectivity index (χ2v) is 13.1. The van der Waals surface area contributed by atoms with Gasteiger partial charge in [0.25, 0.3) is 0 Å². The van der Waals surface area contributed by atoms with Crippen LogP contribution in [0, 0.1) is 34.7 Å². The maximum absolute atomic E-state index is 9.56. The molecule has 2 atom stereocenters. The number of benzene rings is 1. The van der Waals surface area contributed by atoms with Gasteiger partial charge in [-0.2, -0.15) is 0 Å². The molecule has 2 N–H and O–H groups in total. The minimum atomic E-state index is -0.0331. The van der Waals surface area contributed by atoms with Gasteiger partial charge in [0.1, 0.15) is 0 Å². The molecule has 2 rings (SSSR count). The Morgan fingerprint density at radius 2 is 2.23 bits per heavy atom. The Hall–Kier alpha value is -0.420. The zero-order chi connectivity index (χ0) is 18.9. The molecule has 142 valence electrons. The van der Waals surface area contributed by atoms with Crippen molar-refractivity contribution in [1.29, 1.82) is 5.26 Å².